The minimum Gasteiger partial charge on any atom is -0.378 e. The summed E-state index contributed by atoms with van der Waals surface area (Å²) >= 11 is 6.35. The van der Waals surface area contributed by atoms with E-state index in [1.165, 1.54) is 0 Å². The maximum atomic E-state index is 11.5. The van der Waals surface area contributed by atoms with Crippen LogP contribution in [-0.2, 0) is 9.53 Å². The number of rotatable bonds is 3. The number of fused-ring (bicyclic) bond motifs is 1. The lowest BCUT2D eigenvalue weighted by Gasteiger charge is -2.34. The SMILES string of the molecule is CCOC1CCCN(c2cc3c(cc2Cl)C(O)C(=O)N3)C1. The van der Waals surface area contributed by atoms with Crippen LogP contribution in [0.5, 0.6) is 0 Å². The van der Waals surface area contributed by atoms with Gasteiger partial charge in [-0.2, -0.15) is 0 Å². The van der Waals surface area contributed by atoms with E-state index in [1.54, 1.807) is 6.07 Å². The second-order valence-corrected chi connectivity index (χ2v) is 5.86. The van der Waals surface area contributed by atoms with E-state index < -0.39 is 12.0 Å². The maximum Gasteiger partial charge on any atom is 0.257 e. The average Bonchev–Trinajstić information content (AvgIpc) is 2.74. The third-order valence-electron chi connectivity index (χ3n) is 4.04. The summed E-state index contributed by atoms with van der Waals surface area (Å²) in [5.74, 6) is -0.399. The van der Waals surface area contributed by atoms with Gasteiger partial charge >= 0.3 is 0 Å². The Morgan fingerprint density at radius 2 is 2.33 bits per heavy atom. The van der Waals surface area contributed by atoms with Gasteiger partial charge in [0, 0.05) is 30.9 Å². The molecule has 0 aromatic heterocycles. The smallest absolute Gasteiger partial charge is 0.257 e. The van der Waals surface area contributed by atoms with Crippen molar-refractivity contribution in [2.24, 2.45) is 0 Å². The van der Waals surface area contributed by atoms with Crippen molar-refractivity contribution in [3.05, 3.63) is 22.7 Å². The Balaban J connectivity index is 1.86. The Morgan fingerprint density at radius 3 is 3.10 bits per heavy atom. The van der Waals surface area contributed by atoms with Crippen molar-refractivity contribution in [1.29, 1.82) is 0 Å². The molecule has 3 rings (SSSR count). The van der Waals surface area contributed by atoms with Gasteiger partial charge in [0.1, 0.15) is 0 Å². The van der Waals surface area contributed by atoms with Crippen molar-refractivity contribution >= 4 is 28.9 Å². The van der Waals surface area contributed by atoms with Crippen LogP contribution in [0.3, 0.4) is 0 Å². The second kappa shape index (κ2) is 5.83. The van der Waals surface area contributed by atoms with E-state index in [4.69, 9.17) is 16.3 Å². The molecule has 2 aliphatic rings. The number of aliphatic hydroxyl groups is 1. The number of hydrogen-bond donors (Lipinski definition) is 2. The first kappa shape index (κ1) is 14.6. The molecule has 1 aromatic rings. The first-order valence-electron chi connectivity index (χ1n) is 7.29. The predicted octanol–water partition coefficient (Wildman–Crippen LogP) is 2.33. The highest BCUT2D eigenvalue weighted by molar-refractivity contribution is 6.33. The summed E-state index contributed by atoms with van der Waals surface area (Å²) in [5.41, 5.74) is 2.08. The van der Waals surface area contributed by atoms with Gasteiger partial charge in [-0.05, 0) is 31.9 Å². The quantitative estimate of drug-likeness (QED) is 0.899. The summed E-state index contributed by atoms with van der Waals surface area (Å²) in [6, 6.07) is 3.53. The van der Waals surface area contributed by atoms with Crippen LogP contribution in [0.15, 0.2) is 12.1 Å². The molecule has 0 spiro atoms. The van der Waals surface area contributed by atoms with E-state index in [2.05, 4.69) is 10.2 Å². The van der Waals surface area contributed by atoms with Crippen LogP contribution in [-0.4, -0.2) is 36.8 Å². The number of anilines is 2. The van der Waals surface area contributed by atoms with E-state index in [1.807, 2.05) is 13.0 Å². The first-order valence-corrected chi connectivity index (χ1v) is 7.67. The lowest BCUT2D eigenvalue weighted by molar-refractivity contribution is -0.123. The number of halogens is 1. The average molecular weight is 311 g/mol. The van der Waals surface area contributed by atoms with Gasteiger partial charge < -0.3 is 20.1 Å². The molecule has 0 radical (unpaired) electrons. The van der Waals surface area contributed by atoms with Gasteiger partial charge in [-0.15, -0.1) is 0 Å². The number of nitrogens with zero attached hydrogens (tertiary/aromatic N) is 1. The van der Waals surface area contributed by atoms with E-state index >= 15 is 0 Å². The molecule has 6 heteroatoms. The van der Waals surface area contributed by atoms with E-state index in [0.717, 1.165) is 31.6 Å². The van der Waals surface area contributed by atoms with Gasteiger partial charge in [0.25, 0.3) is 5.91 Å². The fourth-order valence-corrected chi connectivity index (χ4v) is 3.32. The number of piperidine rings is 1. The number of hydrogen-bond acceptors (Lipinski definition) is 4. The molecule has 2 heterocycles. The Kier molecular flexibility index (Phi) is 4.06. The molecule has 2 atom stereocenters. The molecule has 5 nitrogen and oxygen atoms in total. The van der Waals surface area contributed by atoms with Crippen LogP contribution >= 0.6 is 11.6 Å². The molecule has 1 aromatic carbocycles. The molecule has 2 N–H and O–H groups in total. The summed E-state index contributed by atoms with van der Waals surface area (Å²) in [7, 11) is 0. The fraction of sp³-hybridized carbons (Fsp3) is 0.533. The number of carbonyl (C=O) groups is 1. The molecule has 0 bridgehead atoms. The van der Waals surface area contributed by atoms with Crippen molar-refractivity contribution in [1.82, 2.24) is 0 Å². The van der Waals surface area contributed by atoms with Crippen molar-refractivity contribution < 1.29 is 14.6 Å². The Morgan fingerprint density at radius 1 is 1.52 bits per heavy atom. The summed E-state index contributed by atoms with van der Waals surface area (Å²) in [6.07, 6.45) is 1.20. The molecule has 0 aliphatic carbocycles. The number of carbonyl (C=O) groups excluding carboxylic acids is 1. The molecular weight excluding hydrogens is 292 g/mol. The van der Waals surface area contributed by atoms with Crippen molar-refractivity contribution in [3.63, 3.8) is 0 Å². The van der Waals surface area contributed by atoms with Crippen LogP contribution in [0.2, 0.25) is 5.02 Å². The molecule has 1 saturated heterocycles. The third kappa shape index (κ3) is 2.73. The standard InChI is InChI=1S/C15H19ClN2O3/c1-2-21-9-4-3-5-18(8-9)13-7-12-10(6-11(13)16)14(19)15(20)17-12/h6-7,9,14,19H,2-5,8H2,1H3,(H,17,20). The van der Waals surface area contributed by atoms with E-state index in [0.29, 0.717) is 22.9 Å². The second-order valence-electron chi connectivity index (χ2n) is 5.45. The van der Waals surface area contributed by atoms with E-state index in [-0.39, 0.29) is 6.10 Å². The summed E-state index contributed by atoms with van der Waals surface area (Å²) in [4.78, 5) is 13.7. The molecule has 114 valence electrons. The van der Waals surface area contributed by atoms with Gasteiger partial charge in [-0.25, -0.2) is 0 Å². The zero-order valence-corrected chi connectivity index (χ0v) is 12.7. The van der Waals surface area contributed by atoms with Crippen LogP contribution in [0.25, 0.3) is 0 Å². The highest BCUT2D eigenvalue weighted by Gasteiger charge is 2.31. The number of aliphatic hydroxyl groups excluding tert-OH is 1. The molecule has 2 unspecified atom stereocenters. The zero-order chi connectivity index (χ0) is 15.0. The third-order valence-corrected chi connectivity index (χ3v) is 4.34. The largest absolute Gasteiger partial charge is 0.378 e. The van der Waals surface area contributed by atoms with Gasteiger partial charge in [0.2, 0.25) is 0 Å². The highest BCUT2D eigenvalue weighted by atomic mass is 35.5. The number of nitrogens with one attached hydrogen (secondary N) is 1. The van der Waals surface area contributed by atoms with Crippen molar-refractivity contribution in [2.75, 3.05) is 29.9 Å². The van der Waals surface area contributed by atoms with Crippen LogP contribution in [0, 0.1) is 0 Å². The molecule has 2 aliphatic heterocycles. The highest BCUT2D eigenvalue weighted by Crippen LogP contribution is 2.39. The first-order chi connectivity index (χ1) is 10.1. The van der Waals surface area contributed by atoms with Gasteiger partial charge in [0.05, 0.1) is 16.8 Å². The normalized spacial score (nSPS) is 24.9. The van der Waals surface area contributed by atoms with Crippen LogP contribution in [0.1, 0.15) is 31.4 Å². The Hall–Kier alpha value is -1.30. The molecular formula is C15H19ClN2O3. The van der Waals surface area contributed by atoms with Crippen molar-refractivity contribution in [2.45, 2.75) is 32.0 Å². The summed E-state index contributed by atoms with van der Waals surface area (Å²) in [5, 5.41) is 13.0. The van der Waals surface area contributed by atoms with Gasteiger partial charge in [-0.1, -0.05) is 11.6 Å². The van der Waals surface area contributed by atoms with Crippen LogP contribution in [0.4, 0.5) is 11.4 Å². The molecule has 21 heavy (non-hydrogen) atoms. The summed E-state index contributed by atoms with van der Waals surface area (Å²) < 4.78 is 5.71. The number of amides is 1. The maximum absolute atomic E-state index is 11.5. The lowest BCUT2D eigenvalue weighted by atomic mass is 10.1. The molecule has 1 fully saturated rings. The Labute approximate surface area is 128 Å². The number of ether oxygens (including phenoxy) is 1. The zero-order valence-electron chi connectivity index (χ0n) is 11.9. The monoisotopic (exact) mass is 310 g/mol. The molecule has 0 saturated carbocycles. The Bertz CT molecular complexity index is 562. The number of benzene rings is 1. The van der Waals surface area contributed by atoms with Gasteiger partial charge in [0.15, 0.2) is 6.10 Å². The minimum absolute atomic E-state index is 0.216. The van der Waals surface area contributed by atoms with Gasteiger partial charge in [-0.3, -0.25) is 4.79 Å². The van der Waals surface area contributed by atoms with Crippen molar-refractivity contribution in [3.8, 4) is 0 Å². The summed E-state index contributed by atoms with van der Waals surface area (Å²) in [6.45, 7) is 4.42. The topological polar surface area (TPSA) is 61.8 Å². The lowest BCUT2D eigenvalue weighted by Crippen LogP contribution is -2.39. The minimum atomic E-state index is -1.12. The van der Waals surface area contributed by atoms with Crippen LogP contribution < -0.4 is 10.2 Å². The molecule has 1 amide bonds. The predicted molar refractivity (Wildman–Crippen MR) is 81.9 cm³/mol. The van der Waals surface area contributed by atoms with E-state index in [9.17, 15) is 9.90 Å². The fourth-order valence-electron chi connectivity index (χ4n) is 3.03.